The molecule has 7 unspecified atom stereocenters. The number of rotatable bonds is 4. The van der Waals surface area contributed by atoms with Crippen molar-refractivity contribution in [1.82, 2.24) is 9.88 Å². The number of aromatic nitrogens is 1. The molecule has 184 valence electrons. The molecule has 2 aliphatic heterocycles. The molecule has 36 heavy (non-hydrogen) atoms. The van der Waals surface area contributed by atoms with E-state index in [0.717, 1.165) is 21.9 Å². The van der Waals surface area contributed by atoms with Crippen molar-refractivity contribution in [3.8, 4) is 0 Å². The van der Waals surface area contributed by atoms with E-state index in [1.165, 1.54) is 21.1 Å². The molecule has 2 bridgehead atoms. The number of thiophene rings is 1. The monoisotopic (exact) mass is 537 g/mol. The van der Waals surface area contributed by atoms with Crippen molar-refractivity contribution in [3.05, 3.63) is 66.8 Å². The van der Waals surface area contributed by atoms with Crippen LogP contribution < -0.4 is 10.2 Å². The molecule has 4 heterocycles. The zero-order chi connectivity index (χ0) is 24.7. The normalized spacial score (nSPS) is 31.9. The van der Waals surface area contributed by atoms with Crippen LogP contribution in [0.3, 0.4) is 0 Å². The van der Waals surface area contributed by atoms with Crippen molar-refractivity contribution in [2.24, 2.45) is 29.6 Å². The van der Waals surface area contributed by atoms with Crippen molar-refractivity contribution in [2.45, 2.75) is 29.5 Å². The Hall–Kier alpha value is -2.69. The summed E-state index contributed by atoms with van der Waals surface area (Å²) in [5.41, 5.74) is 1.73. The molecule has 4 aliphatic rings. The average molecular weight is 538 g/mol. The summed E-state index contributed by atoms with van der Waals surface area (Å²) in [7, 11) is 0. The number of nitrogens with zero attached hydrogens (tertiary/aromatic N) is 1. The van der Waals surface area contributed by atoms with Gasteiger partial charge in [-0.25, -0.2) is 0 Å². The van der Waals surface area contributed by atoms with Gasteiger partial charge in [-0.15, -0.1) is 23.1 Å². The molecular weight excluding hydrogens is 515 g/mol. The summed E-state index contributed by atoms with van der Waals surface area (Å²) in [6.07, 6.45) is 0.847. The number of aryl methyl sites for hydroxylation is 1. The molecule has 1 aromatic carbocycles. The van der Waals surface area contributed by atoms with E-state index in [9.17, 15) is 19.2 Å². The quantitative estimate of drug-likeness (QED) is 0.492. The van der Waals surface area contributed by atoms with Crippen molar-refractivity contribution in [1.29, 1.82) is 0 Å². The minimum absolute atomic E-state index is 0.0560. The predicted molar refractivity (Wildman–Crippen MR) is 139 cm³/mol. The standard InChI is InChI=1S/C26H23N3O4S3/c1-11-4-6-12(7-5-11)27-16(30)10-29-24(31)18-13-9-14(19(18)25(29)32)21-17(13)20(15-3-2-8-34-15)22-23(35-21)28-26(33)36-22/h2-8,13-14,17-21H,9-10H2,1H3,(H,27,30)(H,28,33). The van der Waals surface area contributed by atoms with E-state index in [1.54, 1.807) is 23.1 Å². The van der Waals surface area contributed by atoms with E-state index in [-0.39, 0.29) is 69.9 Å². The van der Waals surface area contributed by atoms with E-state index in [0.29, 0.717) is 5.69 Å². The second-order valence-corrected chi connectivity index (χ2v) is 13.3. The Kier molecular flexibility index (Phi) is 5.10. The van der Waals surface area contributed by atoms with Gasteiger partial charge in [0.25, 0.3) is 0 Å². The van der Waals surface area contributed by atoms with Gasteiger partial charge in [-0.2, -0.15) is 0 Å². The number of thiazole rings is 1. The van der Waals surface area contributed by atoms with Crippen LogP contribution >= 0.6 is 34.4 Å². The zero-order valence-electron chi connectivity index (χ0n) is 19.3. The summed E-state index contributed by atoms with van der Waals surface area (Å²) in [6.45, 7) is 1.71. The Bertz CT molecular complexity index is 1440. The van der Waals surface area contributed by atoms with Gasteiger partial charge in [-0.05, 0) is 54.7 Å². The molecule has 3 amide bonds. The molecule has 2 saturated carbocycles. The van der Waals surface area contributed by atoms with Crippen molar-refractivity contribution in [2.75, 3.05) is 11.9 Å². The lowest BCUT2D eigenvalue weighted by atomic mass is 9.69. The Morgan fingerprint density at radius 2 is 1.83 bits per heavy atom. The van der Waals surface area contributed by atoms with Gasteiger partial charge >= 0.3 is 4.87 Å². The fourth-order valence-corrected chi connectivity index (χ4v) is 10.8. The first kappa shape index (κ1) is 22.5. The minimum atomic E-state index is -0.379. The fourth-order valence-electron chi connectivity index (χ4n) is 7.00. The number of carbonyl (C=O) groups is 3. The van der Waals surface area contributed by atoms with Crippen LogP contribution in [-0.2, 0) is 14.4 Å². The van der Waals surface area contributed by atoms with Crippen LogP contribution in [-0.4, -0.2) is 39.4 Å². The number of hydrogen-bond donors (Lipinski definition) is 2. The van der Waals surface area contributed by atoms with Gasteiger partial charge in [0.05, 0.1) is 16.9 Å². The zero-order valence-corrected chi connectivity index (χ0v) is 21.8. The van der Waals surface area contributed by atoms with Crippen LogP contribution in [0, 0.1) is 36.5 Å². The van der Waals surface area contributed by atoms with E-state index < -0.39 is 0 Å². The lowest BCUT2D eigenvalue weighted by Gasteiger charge is -2.42. The largest absolute Gasteiger partial charge is 0.325 e. The second kappa shape index (κ2) is 8.16. The van der Waals surface area contributed by atoms with Crippen molar-refractivity contribution < 1.29 is 14.4 Å². The van der Waals surface area contributed by atoms with Crippen LogP contribution in [0.5, 0.6) is 0 Å². The predicted octanol–water partition coefficient (Wildman–Crippen LogP) is 3.92. The van der Waals surface area contributed by atoms with E-state index in [1.807, 2.05) is 37.3 Å². The maximum atomic E-state index is 13.6. The summed E-state index contributed by atoms with van der Waals surface area (Å²) >= 11 is 4.63. The molecule has 2 aromatic heterocycles. The van der Waals surface area contributed by atoms with Gasteiger partial charge in [0.2, 0.25) is 17.7 Å². The fraction of sp³-hybridized carbons (Fsp3) is 0.385. The number of nitrogens with one attached hydrogen (secondary N) is 2. The molecule has 3 aromatic rings. The lowest BCUT2D eigenvalue weighted by molar-refractivity contribution is -0.143. The number of benzene rings is 1. The molecule has 0 radical (unpaired) electrons. The number of thioether (sulfide) groups is 1. The van der Waals surface area contributed by atoms with Gasteiger partial charge < -0.3 is 10.3 Å². The lowest BCUT2D eigenvalue weighted by Crippen LogP contribution is -2.42. The molecule has 7 nitrogen and oxygen atoms in total. The summed E-state index contributed by atoms with van der Waals surface area (Å²) in [6, 6.07) is 11.6. The van der Waals surface area contributed by atoms with Gasteiger partial charge in [-0.3, -0.25) is 24.1 Å². The molecule has 3 fully saturated rings. The highest BCUT2D eigenvalue weighted by atomic mass is 32.2. The SMILES string of the molecule is Cc1ccc(NC(=O)CN2C(=O)C3C4CC(C3C2=O)C2C(c3cccs3)c3sc(=O)[nH]c3SC42)cc1. The smallest absolute Gasteiger partial charge is 0.305 e. The molecule has 2 N–H and O–H groups in total. The summed E-state index contributed by atoms with van der Waals surface area (Å²) in [5.74, 6) is -1.16. The highest BCUT2D eigenvalue weighted by molar-refractivity contribution is 8.00. The number of anilines is 1. The van der Waals surface area contributed by atoms with Crippen LogP contribution in [0.4, 0.5) is 5.69 Å². The molecule has 7 rings (SSSR count). The summed E-state index contributed by atoms with van der Waals surface area (Å²) in [4.78, 5) is 58.6. The third-order valence-electron chi connectivity index (χ3n) is 8.30. The Morgan fingerprint density at radius 1 is 1.08 bits per heavy atom. The molecular formula is C26H23N3O4S3. The number of likely N-dealkylation sites (tertiary alicyclic amines) is 1. The third-order valence-corrected chi connectivity index (χ3v) is 11.8. The van der Waals surface area contributed by atoms with E-state index in [2.05, 4.69) is 21.7 Å². The Balaban J connectivity index is 1.17. The number of imide groups is 1. The number of hydrogen-bond acceptors (Lipinski definition) is 7. The topological polar surface area (TPSA) is 99.3 Å². The number of H-pyrrole nitrogens is 1. The van der Waals surface area contributed by atoms with E-state index >= 15 is 0 Å². The van der Waals surface area contributed by atoms with E-state index in [4.69, 9.17) is 0 Å². The molecule has 0 spiro atoms. The van der Waals surface area contributed by atoms with Crippen LogP contribution in [0.15, 0.2) is 51.6 Å². The Morgan fingerprint density at radius 3 is 2.56 bits per heavy atom. The number of amides is 3. The van der Waals surface area contributed by atoms with Crippen LogP contribution in [0.1, 0.15) is 27.7 Å². The van der Waals surface area contributed by atoms with Gasteiger partial charge in [0.15, 0.2) is 0 Å². The summed E-state index contributed by atoms with van der Waals surface area (Å²) < 4.78 is 0. The number of aromatic amines is 1. The first-order chi connectivity index (χ1) is 17.4. The Labute approximate surface area is 219 Å². The minimum Gasteiger partial charge on any atom is -0.325 e. The van der Waals surface area contributed by atoms with Crippen molar-refractivity contribution in [3.63, 3.8) is 0 Å². The van der Waals surface area contributed by atoms with Gasteiger partial charge in [0.1, 0.15) is 6.54 Å². The number of fused-ring (bicyclic) bond motifs is 9. The van der Waals surface area contributed by atoms with Crippen molar-refractivity contribution >= 4 is 57.8 Å². The number of carbonyl (C=O) groups excluding carboxylic acids is 3. The molecule has 1 saturated heterocycles. The molecule has 7 atom stereocenters. The highest BCUT2D eigenvalue weighted by Gasteiger charge is 2.69. The first-order valence-corrected chi connectivity index (χ1v) is 14.6. The maximum absolute atomic E-state index is 13.6. The average Bonchev–Trinajstić information content (AvgIpc) is 3.66. The van der Waals surface area contributed by atoms with Gasteiger partial charge in [0, 0.05) is 26.6 Å². The molecule has 10 heteroatoms. The van der Waals surface area contributed by atoms with Gasteiger partial charge in [-0.1, -0.05) is 35.1 Å². The second-order valence-electron chi connectivity index (χ2n) is 10.2. The summed E-state index contributed by atoms with van der Waals surface area (Å²) in [5, 5.41) is 5.94. The molecule has 2 aliphatic carbocycles. The van der Waals surface area contributed by atoms with Crippen LogP contribution in [0.2, 0.25) is 0 Å². The third kappa shape index (κ3) is 3.23. The van der Waals surface area contributed by atoms with Crippen LogP contribution in [0.25, 0.3) is 0 Å². The first-order valence-electron chi connectivity index (χ1n) is 12.1. The maximum Gasteiger partial charge on any atom is 0.305 e. The highest BCUT2D eigenvalue weighted by Crippen LogP contribution is 2.68.